The van der Waals surface area contributed by atoms with Gasteiger partial charge in [0.15, 0.2) is 6.61 Å². The van der Waals surface area contributed by atoms with Crippen LogP contribution in [0.25, 0.3) is 0 Å². The number of rotatable bonds is 7. The number of sulfonamides is 1. The van der Waals surface area contributed by atoms with Gasteiger partial charge in [-0.05, 0) is 55.4 Å². The molecule has 0 radical (unpaired) electrons. The highest BCUT2D eigenvalue weighted by Crippen LogP contribution is 2.29. The summed E-state index contributed by atoms with van der Waals surface area (Å²) < 4.78 is 31.6. The van der Waals surface area contributed by atoms with Gasteiger partial charge in [0.1, 0.15) is 6.54 Å². The summed E-state index contributed by atoms with van der Waals surface area (Å²) in [5.41, 5.74) is 1.82. The monoisotopic (exact) mass is 410 g/mol. The quantitative estimate of drug-likeness (QED) is 0.670. The van der Waals surface area contributed by atoms with Crippen molar-refractivity contribution in [3.8, 4) is 0 Å². The van der Waals surface area contributed by atoms with Gasteiger partial charge in [0.25, 0.3) is 5.91 Å². The Balaban J connectivity index is 1.79. The molecule has 7 nitrogen and oxygen atoms in total. The Labute approximate surface area is 167 Å². The van der Waals surface area contributed by atoms with Gasteiger partial charge < -0.3 is 10.1 Å². The van der Waals surface area contributed by atoms with Crippen LogP contribution in [0.4, 0.5) is 0 Å². The molecule has 8 heteroatoms. The first-order valence-electron chi connectivity index (χ1n) is 9.62. The Morgan fingerprint density at radius 1 is 1.14 bits per heavy atom. The molecule has 0 heterocycles. The van der Waals surface area contributed by atoms with Crippen LogP contribution in [-0.4, -0.2) is 39.5 Å². The molecule has 1 aromatic rings. The second-order valence-electron chi connectivity index (χ2n) is 7.67. The molecule has 0 aromatic heterocycles. The lowest BCUT2D eigenvalue weighted by atomic mass is 9.78. The first-order valence-corrected chi connectivity index (χ1v) is 11.1. The second-order valence-corrected chi connectivity index (χ2v) is 9.44. The molecular formula is C20H30N2O5S. The zero-order valence-electron chi connectivity index (χ0n) is 16.9. The summed E-state index contributed by atoms with van der Waals surface area (Å²) in [6.45, 7) is 7.04. The topological polar surface area (TPSA) is 102 Å². The summed E-state index contributed by atoms with van der Waals surface area (Å²) in [7, 11) is -3.82. The summed E-state index contributed by atoms with van der Waals surface area (Å²) in [5.74, 6) is -0.247. The van der Waals surface area contributed by atoms with Crippen LogP contribution in [0.1, 0.15) is 44.2 Å². The van der Waals surface area contributed by atoms with Crippen LogP contribution in [-0.2, 0) is 24.3 Å². The molecule has 2 N–H and O–H groups in total. The third-order valence-electron chi connectivity index (χ3n) is 5.61. The predicted octanol–water partition coefficient (Wildman–Crippen LogP) is 2.07. The lowest BCUT2D eigenvalue weighted by Gasteiger charge is -2.34. The van der Waals surface area contributed by atoms with Gasteiger partial charge in [-0.2, -0.15) is 4.72 Å². The summed E-state index contributed by atoms with van der Waals surface area (Å²) in [6.07, 6.45) is 3.14. The third-order valence-corrected chi connectivity index (χ3v) is 7.01. The number of amides is 1. The lowest BCUT2D eigenvalue weighted by Crippen LogP contribution is -2.45. The molecule has 0 aliphatic heterocycles. The number of esters is 1. The Morgan fingerprint density at radius 3 is 2.54 bits per heavy atom. The van der Waals surface area contributed by atoms with Gasteiger partial charge in [0, 0.05) is 6.04 Å². The van der Waals surface area contributed by atoms with Crippen LogP contribution in [0.3, 0.4) is 0 Å². The van der Waals surface area contributed by atoms with Crippen molar-refractivity contribution < 1.29 is 22.7 Å². The maximum atomic E-state index is 12.3. The van der Waals surface area contributed by atoms with E-state index in [0.717, 1.165) is 30.4 Å². The normalized spacial score (nSPS) is 22.5. The number of carbonyl (C=O) groups is 2. The van der Waals surface area contributed by atoms with Crippen molar-refractivity contribution in [3.05, 3.63) is 29.3 Å². The average molecular weight is 411 g/mol. The summed E-state index contributed by atoms with van der Waals surface area (Å²) in [5, 5.41) is 2.91. The van der Waals surface area contributed by atoms with E-state index >= 15 is 0 Å². The Morgan fingerprint density at radius 2 is 1.86 bits per heavy atom. The van der Waals surface area contributed by atoms with Crippen molar-refractivity contribution in [2.24, 2.45) is 11.8 Å². The van der Waals surface area contributed by atoms with Crippen LogP contribution in [0.15, 0.2) is 23.1 Å². The van der Waals surface area contributed by atoms with E-state index in [4.69, 9.17) is 4.74 Å². The largest absolute Gasteiger partial charge is 0.455 e. The fourth-order valence-corrected chi connectivity index (χ4v) is 4.40. The number of ether oxygens (including phenoxy) is 1. The van der Waals surface area contributed by atoms with E-state index in [0.29, 0.717) is 11.8 Å². The van der Waals surface area contributed by atoms with Crippen LogP contribution in [0.2, 0.25) is 0 Å². The molecule has 1 amide bonds. The average Bonchev–Trinajstić information content (AvgIpc) is 2.64. The van der Waals surface area contributed by atoms with Crippen molar-refractivity contribution >= 4 is 21.9 Å². The third kappa shape index (κ3) is 6.04. The van der Waals surface area contributed by atoms with Crippen LogP contribution in [0.5, 0.6) is 0 Å². The molecule has 0 saturated heterocycles. The zero-order chi connectivity index (χ0) is 20.9. The van der Waals surface area contributed by atoms with E-state index in [2.05, 4.69) is 23.9 Å². The van der Waals surface area contributed by atoms with Gasteiger partial charge in [-0.15, -0.1) is 0 Å². The predicted molar refractivity (Wildman–Crippen MR) is 106 cm³/mol. The Kier molecular flexibility index (Phi) is 7.60. The fraction of sp³-hybridized carbons (Fsp3) is 0.600. The first-order chi connectivity index (χ1) is 13.1. The van der Waals surface area contributed by atoms with Crippen molar-refractivity contribution in [1.29, 1.82) is 0 Å². The smallest absolute Gasteiger partial charge is 0.321 e. The fourth-order valence-electron chi connectivity index (χ4n) is 3.35. The number of hydrogen-bond donors (Lipinski definition) is 2. The molecule has 1 fully saturated rings. The Bertz CT molecular complexity index is 822. The molecule has 0 unspecified atom stereocenters. The molecule has 1 aromatic carbocycles. The molecule has 1 aliphatic carbocycles. The SMILES string of the molecule is Cc1ccc(S(=O)(=O)NCC(=O)OCC(=O)N[C@@H]2CCC[C@H](C)[C@@H]2C)cc1C. The molecule has 0 bridgehead atoms. The summed E-state index contributed by atoms with van der Waals surface area (Å²) >= 11 is 0. The number of benzene rings is 1. The molecule has 1 saturated carbocycles. The molecule has 156 valence electrons. The minimum atomic E-state index is -3.82. The van der Waals surface area contributed by atoms with Crippen molar-refractivity contribution in [1.82, 2.24) is 10.0 Å². The highest BCUT2D eigenvalue weighted by atomic mass is 32.2. The maximum absolute atomic E-state index is 12.3. The number of nitrogens with one attached hydrogen (secondary N) is 2. The van der Waals surface area contributed by atoms with Gasteiger partial charge >= 0.3 is 5.97 Å². The van der Waals surface area contributed by atoms with Crippen LogP contribution >= 0.6 is 0 Å². The summed E-state index contributed by atoms with van der Waals surface area (Å²) in [6, 6.07) is 4.82. The van der Waals surface area contributed by atoms with E-state index in [1.807, 2.05) is 13.8 Å². The van der Waals surface area contributed by atoms with Crippen LogP contribution in [0, 0.1) is 25.7 Å². The van der Waals surface area contributed by atoms with Crippen molar-refractivity contribution in [2.75, 3.05) is 13.2 Å². The second kappa shape index (κ2) is 9.52. The number of aryl methyl sites for hydroxylation is 2. The first kappa shape index (κ1) is 22.4. The summed E-state index contributed by atoms with van der Waals surface area (Å²) in [4.78, 5) is 23.9. The van der Waals surface area contributed by atoms with E-state index in [1.165, 1.54) is 6.07 Å². The van der Waals surface area contributed by atoms with Gasteiger partial charge in [-0.3, -0.25) is 9.59 Å². The van der Waals surface area contributed by atoms with Crippen molar-refractivity contribution in [2.45, 2.75) is 57.9 Å². The number of carbonyl (C=O) groups excluding carboxylic acids is 2. The van der Waals surface area contributed by atoms with E-state index in [9.17, 15) is 18.0 Å². The van der Waals surface area contributed by atoms with E-state index < -0.39 is 29.1 Å². The maximum Gasteiger partial charge on any atom is 0.321 e. The van der Waals surface area contributed by atoms with Gasteiger partial charge in [0.2, 0.25) is 10.0 Å². The van der Waals surface area contributed by atoms with Crippen LogP contribution < -0.4 is 10.0 Å². The highest BCUT2D eigenvalue weighted by molar-refractivity contribution is 7.89. The van der Waals surface area contributed by atoms with Gasteiger partial charge in [-0.25, -0.2) is 8.42 Å². The minimum Gasteiger partial charge on any atom is -0.455 e. The minimum absolute atomic E-state index is 0.0817. The lowest BCUT2D eigenvalue weighted by molar-refractivity contribution is -0.147. The highest BCUT2D eigenvalue weighted by Gasteiger charge is 2.28. The molecular weight excluding hydrogens is 380 g/mol. The molecule has 1 aliphatic rings. The molecule has 28 heavy (non-hydrogen) atoms. The van der Waals surface area contributed by atoms with Gasteiger partial charge in [0.05, 0.1) is 4.90 Å². The van der Waals surface area contributed by atoms with Crippen molar-refractivity contribution in [3.63, 3.8) is 0 Å². The standard InChI is InChI=1S/C20H30N2O5S/c1-13-8-9-17(10-15(13)3)28(25,26)21-11-20(24)27-12-19(23)22-18-7-5-6-14(2)16(18)4/h8-10,14,16,18,21H,5-7,11-12H2,1-4H3,(H,22,23)/t14-,16-,18+/m0/s1. The zero-order valence-corrected chi connectivity index (χ0v) is 17.8. The molecule has 3 atom stereocenters. The Hall–Kier alpha value is -1.93. The van der Waals surface area contributed by atoms with E-state index in [-0.39, 0.29) is 16.8 Å². The molecule has 2 rings (SSSR count). The molecule has 0 spiro atoms. The number of hydrogen-bond acceptors (Lipinski definition) is 5. The van der Waals surface area contributed by atoms with Gasteiger partial charge in [-0.1, -0.05) is 32.8 Å². The van der Waals surface area contributed by atoms with E-state index in [1.54, 1.807) is 12.1 Å².